The van der Waals surface area contributed by atoms with Crippen molar-refractivity contribution in [2.75, 3.05) is 13.2 Å². The third-order valence-corrected chi connectivity index (χ3v) is 3.01. The molecule has 18 heavy (non-hydrogen) atoms. The molecule has 0 aliphatic rings. The first-order chi connectivity index (χ1) is 8.40. The maximum atomic E-state index is 11.6. The molecule has 0 N–H and O–H groups in total. The van der Waals surface area contributed by atoms with Crippen LogP contribution in [0.2, 0.25) is 0 Å². The predicted molar refractivity (Wildman–Crippen MR) is 70.1 cm³/mol. The fourth-order valence-electron chi connectivity index (χ4n) is 1.28. The largest absolute Gasteiger partial charge is 0.466 e. The summed E-state index contributed by atoms with van der Waals surface area (Å²) in [5.74, 6) is -0.351. The highest BCUT2D eigenvalue weighted by molar-refractivity contribution is 5.75. The summed E-state index contributed by atoms with van der Waals surface area (Å²) in [6.07, 6.45) is 4.50. The number of esters is 2. The van der Waals surface area contributed by atoms with Crippen molar-refractivity contribution in [3.63, 3.8) is 0 Å². The highest BCUT2D eigenvalue weighted by Gasteiger charge is 2.26. The molecular formula is C14H26O4. The smallest absolute Gasteiger partial charge is 0.311 e. The van der Waals surface area contributed by atoms with Crippen LogP contribution in [0.25, 0.3) is 0 Å². The second kappa shape index (κ2) is 8.95. The Balaban J connectivity index is 3.41. The summed E-state index contributed by atoms with van der Waals surface area (Å²) in [4.78, 5) is 22.1. The zero-order valence-corrected chi connectivity index (χ0v) is 12.1. The first-order valence-electron chi connectivity index (χ1n) is 6.70. The van der Waals surface area contributed by atoms with Crippen LogP contribution in [0.4, 0.5) is 0 Å². The molecule has 0 heterocycles. The van der Waals surface area contributed by atoms with Gasteiger partial charge in [0.05, 0.1) is 18.6 Å². The van der Waals surface area contributed by atoms with E-state index in [9.17, 15) is 9.59 Å². The third-order valence-electron chi connectivity index (χ3n) is 3.01. The summed E-state index contributed by atoms with van der Waals surface area (Å²) in [5, 5.41) is 0. The van der Waals surface area contributed by atoms with E-state index in [-0.39, 0.29) is 17.4 Å². The van der Waals surface area contributed by atoms with E-state index in [4.69, 9.17) is 9.47 Å². The van der Waals surface area contributed by atoms with Gasteiger partial charge in [0.15, 0.2) is 0 Å². The molecule has 0 aliphatic heterocycles. The minimum absolute atomic E-state index is 0.120. The molecule has 0 saturated carbocycles. The summed E-state index contributed by atoms with van der Waals surface area (Å²) in [6.45, 7) is 8.15. The lowest BCUT2D eigenvalue weighted by Crippen LogP contribution is -2.26. The van der Waals surface area contributed by atoms with E-state index in [1.165, 1.54) is 6.92 Å². The Morgan fingerprint density at radius 2 is 1.44 bits per heavy atom. The number of ether oxygens (including phenoxy) is 2. The molecule has 0 rings (SSSR count). The molecule has 0 fully saturated rings. The van der Waals surface area contributed by atoms with Crippen molar-refractivity contribution >= 4 is 11.9 Å². The van der Waals surface area contributed by atoms with Crippen LogP contribution in [0.5, 0.6) is 0 Å². The molecular weight excluding hydrogens is 232 g/mol. The van der Waals surface area contributed by atoms with Gasteiger partial charge in [0.1, 0.15) is 0 Å². The molecule has 4 heteroatoms. The summed E-state index contributed by atoms with van der Waals surface area (Å²) in [6, 6.07) is 0. The summed E-state index contributed by atoms with van der Waals surface area (Å²) in [7, 11) is 0. The van der Waals surface area contributed by atoms with Gasteiger partial charge in [-0.1, -0.05) is 6.92 Å². The summed E-state index contributed by atoms with van der Waals surface area (Å²) < 4.78 is 10.0. The average Bonchev–Trinajstić information content (AvgIpc) is 2.31. The van der Waals surface area contributed by atoms with E-state index in [1.807, 2.05) is 20.8 Å². The minimum atomic E-state index is -0.380. The average molecular weight is 258 g/mol. The van der Waals surface area contributed by atoms with E-state index in [1.54, 1.807) is 0 Å². The van der Waals surface area contributed by atoms with E-state index in [0.29, 0.717) is 13.2 Å². The predicted octanol–water partition coefficient (Wildman–Crippen LogP) is 3.09. The fourth-order valence-corrected chi connectivity index (χ4v) is 1.28. The Labute approximate surface area is 110 Å². The Morgan fingerprint density at radius 1 is 0.944 bits per heavy atom. The van der Waals surface area contributed by atoms with Crippen LogP contribution >= 0.6 is 0 Å². The van der Waals surface area contributed by atoms with E-state index in [0.717, 1.165) is 32.1 Å². The number of hydrogen-bond acceptors (Lipinski definition) is 4. The van der Waals surface area contributed by atoms with Crippen LogP contribution in [0.15, 0.2) is 0 Å². The molecule has 4 nitrogen and oxygen atoms in total. The van der Waals surface area contributed by atoms with Crippen LogP contribution in [-0.2, 0) is 19.1 Å². The fraction of sp³-hybridized carbons (Fsp3) is 0.857. The van der Waals surface area contributed by atoms with Crippen molar-refractivity contribution in [3.05, 3.63) is 0 Å². The molecule has 0 bridgehead atoms. The Morgan fingerprint density at radius 3 is 1.89 bits per heavy atom. The van der Waals surface area contributed by atoms with Gasteiger partial charge >= 0.3 is 11.9 Å². The van der Waals surface area contributed by atoms with Crippen molar-refractivity contribution in [2.45, 2.75) is 59.8 Å². The van der Waals surface area contributed by atoms with Gasteiger partial charge in [0, 0.05) is 6.92 Å². The second-order valence-electron chi connectivity index (χ2n) is 5.13. The number of unbranched alkanes of at least 4 members (excludes halogenated alkanes) is 3. The molecule has 0 radical (unpaired) electrons. The lowest BCUT2D eigenvalue weighted by Gasteiger charge is -2.20. The van der Waals surface area contributed by atoms with Crippen LogP contribution in [0, 0.1) is 5.41 Å². The van der Waals surface area contributed by atoms with E-state index in [2.05, 4.69) is 0 Å². The van der Waals surface area contributed by atoms with Gasteiger partial charge < -0.3 is 9.47 Å². The van der Waals surface area contributed by atoms with Gasteiger partial charge in [-0.05, 0) is 46.0 Å². The molecule has 0 aromatic rings. The van der Waals surface area contributed by atoms with Gasteiger partial charge in [-0.2, -0.15) is 0 Å². The van der Waals surface area contributed by atoms with E-state index < -0.39 is 0 Å². The van der Waals surface area contributed by atoms with Crippen molar-refractivity contribution in [2.24, 2.45) is 5.41 Å². The first-order valence-corrected chi connectivity index (χ1v) is 6.70. The Hall–Kier alpha value is -1.06. The molecule has 0 saturated heterocycles. The summed E-state index contributed by atoms with van der Waals surface area (Å²) in [5.41, 5.74) is -0.380. The van der Waals surface area contributed by atoms with Crippen LogP contribution < -0.4 is 0 Å². The molecule has 0 aromatic heterocycles. The SMILES string of the molecule is CCC(C)(C)C(=O)OCCCCCCOC(C)=O. The lowest BCUT2D eigenvalue weighted by molar-refractivity contribution is -0.154. The monoisotopic (exact) mass is 258 g/mol. The van der Waals surface area contributed by atoms with Gasteiger partial charge in [-0.25, -0.2) is 0 Å². The van der Waals surface area contributed by atoms with Gasteiger partial charge in [0.25, 0.3) is 0 Å². The topological polar surface area (TPSA) is 52.6 Å². The standard InChI is InChI=1S/C14H26O4/c1-5-14(3,4)13(16)18-11-9-7-6-8-10-17-12(2)15/h5-11H2,1-4H3. The zero-order valence-electron chi connectivity index (χ0n) is 12.1. The Kier molecular flexibility index (Phi) is 8.42. The van der Waals surface area contributed by atoms with Crippen LogP contribution in [0.1, 0.15) is 59.8 Å². The second-order valence-corrected chi connectivity index (χ2v) is 5.13. The maximum Gasteiger partial charge on any atom is 0.311 e. The van der Waals surface area contributed by atoms with Gasteiger partial charge in [-0.15, -0.1) is 0 Å². The number of rotatable bonds is 9. The van der Waals surface area contributed by atoms with E-state index >= 15 is 0 Å². The third kappa shape index (κ3) is 8.09. The molecule has 0 unspecified atom stereocenters. The lowest BCUT2D eigenvalue weighted by atomic mass is 9.91. The first kappa shape index (κ1) is 16.9. The Bertz CT molecular complexity index is 259. The number of carbonyl (C=O) groups excluding carboxylic acids is 2. The highest BCUT2D eigenvalue weighted by Crippen LogP contribution is 2.21. The quantitative estimate of drug-likeness (QED) is 0.471. The number of carbonyl (C=O) groups is 2. The van der Waals surface area contributed by atoms with Crippen LogP contribution in [0.3, 0.4) is 0 Å². The van der Waals surface area contributed by atoms with Crippen LogP contribution in [-0.4, -0.2) is 25.2 Å². The highest BCUT2D eigenvalue weighted by atomic mass is 16.5. The normalized spacial score (nSPS) is 11.1. The van der Waals surface area contributed by atoms with Gasteiger partial charge in [-0.3, -0.25) is 9.59 Å². The molecule has 0 spiro atoms. The molecule has 0 amide bonds. The molecule has 0 atom stereocenters. The van der Waals surface area contributed by atoms with Crippen molar-refractivity contribution in [1.29, 1.82) is 0 Å². The number of hydrogen-bond donors (Lipinski definition) is 0. The maximum absolute atomic E-state index is 11.6. The molecule has 0 aromatic carbocycles. The van der Waals surface area contributed by atoms with Crippen molar-refractivity contribution in [1.82, 2.24) is 0 Å². The van der Waals surface area contributed by atoms with Gasteiger partial charge in [0.2, 0.25) is 0 Å². The molecule has 0 aliphatic carbocycles. The minimum Gasteiger partial charge on any atom is -0.466 e. The zero-order chi connectivity index (χ0) is 14.0. The van der Waals surface area contributed by atoms with Crippen molar-refractivity contribution < 1.29 is 19.1 Å². The van der Waals surface area contributed by atoms with Crippen molar-refractivity contribution in [3.8, 4) is 0 Å². The summed E-state index contributed by atoms with van der Waals surface area (Å²) >= 11 is 0. The molecule has 106 valence electrons.